The summed E-state index contributed by atoms with van der Waals surface area (Å²) in [6, 6.07) is 81.5. The van der Waals surface area contributed by atoms with Gasteiger partial charge in [0.2, 0.25) is 0 Å². The van der Waals surface area contributed by atoms with Gasteiger partial charge in [0.15, 0.2) is 17.5 Å². The van der Waals surface area contributed by atoms with Gasteiger partial charge in [0, 0.05) is 59.8 Å². The Bertz CT molecular complexity index is 4500. The third kappa shape index (κ3) is 5.60. The molecule has 70 heavy (non-hydrogen) atoms. The van der Waals surface area contributed by atoms with Crippen molar-refractivity contribution < 1.29 is 4.42 Å². The van der Waals surface area contributed by atoms with Crippen LogP contribution >= 0.6 is 0 Å². The first kappa shape index (κ1) is 38.5. The lowest BCUT2D eigenvalue weighted by atomic mass is 10.1. The molecule has 0 amide bonds. The van der Waals surface area contributed by atoms with Crippen LogP contribution in [0.5, 0.6) is 0 Å². The summed E-state index contributed by atoms with van der Waals surface area (Å²) in [5.41, 5.74) is 14.1. The third-order valence-electron chi connectivity index (χ3n) is 14.1. The van der Waals surface area contributed by atoms with Crippen molar-refractivity contribution in [3.05, 3.63) is 231 Å². The summed E-state index contributed by atoms with van der Waals surface area (Å²) in [5, 5.41) is 9.24. The van der Waals surface area contributed by atoms with Gasteiger partial charge in [-0.3, -0.25) is 0 Å². The summed E-state index contributed by atoms with van der Waals surface area (Å²) >= 11 is 0. The van der Waals surface area contributed by atoms with Gasteiger partial charge in [0.05, 0.1) is 50.2 Å². The first-order valence-electron chi connectivity index (χ1n) is 23.6. The lowest BCUT2D eigenvalue weighted by Gasteiger charge is -2.17. The van der Waals surface area contributed by atoms with Crippen molar-refractivity contribution in [1.82, 2.24) is 28.7 Å². The molecule has 326 valence electrons. The molecule has 15 rings (SSSR count). The van der Waals surface area contributed by atoms with Crippen molar-refractivity contribution in [2.75, 3.05) is 0 Å². The molecular formula is C63H38N6O. The molecule has 0 aliphatic heterocycles. The maximum absolute atomic E-state index is 6.40. The van der Waals surface area contributed by atoms with E-state index in [4.69, 9.17) is 19.4 Å². The maximum atomic E-state index is 6.40. The van der Waals surface area contributed by atoms with Gasteiger partial charge in [-0.05, 0) is 72.8 Å². The van der Waals surface area contributed by atoms with Crippen LogP contribution in [0.1, 0.15) is 0 Å². The highest BCUT2D eigenvalue weighted by atomic mass is 16.3. The van der Waals surface area contributed by atoms with Crippen LogP contribution in [-0.4, -0.2) is 28.7 Å². The number of fused-ring (bicyclic) bond motifs is 12. The molecule has 0 aliphatic rings. The second-order valence-corrected chi connectivity index (χ2v) is 17.9. The Kier molecular flexibility index (Phi) is 8.23. The van der Waals surface area contributed by atoms with E-state index in [0.717, 1.165) is 99.6 Å². The lowest BCUT2D eigenvalue weighted by Crippen LogP contribution is -2.05. The van der Waals surface area contributed by atoms with Gasteiger partial charge in [-0.2, -0.15) is 0 Å². The van der Waals surface area contributed by atoms with E-state index in [0.29, 0.717) is 17.5 Å². The maximum Gasteiger partial charge on any atom is 0.166 e. The van der Waals surface area contributed by atoms with Crippen LogP contribution in [0, 0.1) is 0 Å². The van der Waals surface area contributed by atoms with E-state index in [2.05, 4.69) is 208 Å². The molecule has 5 heterocycles. The molecule has 0 fully saturated rings. The summed E-state index contributed by atoms with van der Waals surface area (Å²) < 4.78 is 13.7. The van der Waals surface area contributed by atoms with Gasteiger partial charge in [0.1, 0.15) is 11.2 Å². The molecule has 15 aromatic rings. The zero-order valence-electron chi connectivity index (χ0n) is 37.5. The van der Waals surface area contributed by atoms with Crippen molar-refractivity contribution in [2.45, 2.75) is 0 Å². The molecule has 0 aliphatic carbocycles. The van der Waals surface area contributed by atoms with E-state index >= 15 is 0 Å². The van der Waals surface area contributed by atoms with Crippen LogP contribution in [0.3, 0.4) is 0 Å². The quantitative estimate of drug-likeness (QED) is 0.167. The van der Waals surface area contributed by atoms with E-state index in [1.54, 1.807) is 0 Å². The summed E-state index contributed by atoms with van der Waals surface area (Å²) in [6.07, 6.45) is 0. The Morgan fingerprint density at radius 1 is 0.286 bits per heavy atom. The fourth-order valence-electron chi connectivity index (χ4n) is 11.1. The van der Waals surface area contributed by atoms with E-state index < -0.39 is 0 Å². The SMILES string of the molecule is c1ccc(-c2nc(-c3ccc4c(c3)oc3ccccc34)nc(-c3ccccc3-n3c4cccc(-n5c6ccccc6c6ccccc65)c4c4cccc(-n5c6ccccc6c6ccccc65)c43)n2)cc1. The van der Waals surface area contributed by atoms with Crippen molar-refractivity contribution in [3.8, 4) is 51.2 Å². The third-order valence-corrected chi connectivity index (χ3v) is 14.1. The molecule has 0 unspecified atom stereocenters. The average molecular weight is 895 g/mol. The Morgan fingerprint density at radius 3 is 1.44 bits per heavy atom. The van der Waals surface area contributed by atoms with Gasteiger partial charge in [-0.1, -0.05) is 158 Å². The average Bonchev–Trinajstić information content (AvgIpc) is 4.17. The lowest BCUT2D eigenvalue weighted by molar-refractivity contribution is 0.669. The molecule has 0 atom stereocenters. The smallest absolute Gasteiger partial charge is 0.166 e. The number of rotatable bonds is 6. The number of furan rings is 1. The molecule has 0 radical (unpaired) electrons. The van der Waals surface area contributed by atoms with Crippen molar-refractivity contribution in [3.63, 3.8) is 0 Å². The van der Waals surface area contributed by atoms with Crippen molar-refractivity contribution in [2.24, 2.45) is 0 Å². The zero-order chi connectivity index (χ0) is 45.9. The fourth-order valence-corrected chi connectivity index (χ4v) is 11.1. The molecule has 7 nitrogen and oxygen atoms in total. The Labute approximate surface area is 400 Å². The predicted molar refractivity (Wildman–Crippen MR) is 286 cm³/mol. The Hall–Kier alpha value is -9.59. The molecule has 0 spiro atoms. The molecule has 0 saturated carbocycles. The summed E-state index contributed by atoms with van der Waals surface area (Å²) in [7, 11) is 0. The minimum Gasteiger partial charge on any atom is -0.456 e. The normalized spacial score (nSPS) is 12.0. The molecule has 7 heteroatoms. The number of para-hydroxylation sites is 7. The summed E-state index contributed by atoms with van der Waals surface area (Å²) in [5.74, 6) is 1.71. The van der Waals surface area contributed by atoms with E-state index in [9.17, 15) is 0 Å². The summed E-state index contributed by atoms with van der Waals surface area (Å²) in [4.78, 5) is 15.9. The number of benzene rings is 10. The summed E-state index contributed by atoms with van der Waals surface area (Å²) in [6.45, 7) is 0. The highest BCUT2D eigenvalue weighted by molar-refractivity contribution is 6.19. The highest BCUT2D eigenvalue weighted by Crippen LogP contribution is 2.45. The predicted octanol–water partition coefficient (Wildman–Crippen LogP) is 16.1. The van der Waals surface area contributed by atoms with Crippen LogP contribution in [0.25, 0.3) is 139 Å². The highest BCUT2D eigenvalue weighted by Gasteiger charge is 2.26. The molecule has 0 N–H and O–H groups in total. The fraction of sp³-hybridized carbons (Fsp3) is 0. The minimum atomic E-state index is 0.558. The van der Waals surface area contributed by atoms with Crippen LogP contribution in [0.2, 0.25) is 0 Å². The largest absolute Gasteiger partial charge is 0.456 e. The van der Waals surface area contributed by atoms with E-state index in [1.807, 2.05) is 36.4 Å². The van der Waals surface area contributed by atoms with Gasteiger partial charge in [-0.15, -0.1) is 0 Å². The number of aromatic nitrogens is 6. The number of hydrogen-bond donors (Lipinski definition) is 0. The van der Waals surface area contributed by atoms with Crippen LogP contribution < -0.4 is 0 Å². The second kappa shape index (κ2) is 15.0. The second-order valence-electron chi connectivity index (χ2n) is 17.9. The first-order chi connectivity index (χ1) is 34.7. The molecule has 0 bridgehead atoms. The molecule has 10 aromatic carbocycles. The van der Waals surface area contributed by atoms with E-state index in [-0.39, 0.29) is 0 Å². The van der Waals surface area contributed by atoms with Crippen LogP contribution in [0.4, 0.5) is 0 Å². The molecular weight excluding hydrogens is 857 g/mol. The Morgan fingerprint density at radius 2 is 0.757 bits per heavy atom. The molecule has 5 aromatic heterocycles. The number of hydrogen-bond acceptors (Lipinski definition) is 4. The van der Waals surface area contributed by atoms with E-state index in [1.165, 1.54) is 21.5 Å². The van der Waals surface area contributed by atoms with Crippen molar-refractivity contribution in [1.29, 1.82) is 0 Å². The Balaban J connectivity index is 1.05. The minimum absolute atomic E-state index is 0.558. The topological polar surface area (TPSA) is 66.6 Å². The zero-order valence-corrected chi connectivity index (χ0v) is 37.5. The number of nitrogens with zero attached hydrogens (tertiary/aromatic N) is 6. The van der Waals surface area contributed by atoms with Gasteiger partial charge < -0.3 is 18.1 Å². The molecule has 0 saturated heterocycles. The van der Waals surface area contributed by atoms with Crippen LogP contribution in [-0.2, 0) is 0 Å². The standard InChI is InChI=1S/C63H38N6O/c1-2-18-39(19-3-1)61-64-62(40-36-37-46-45-24-9-15-35-57(45)70-58(46)38-40)66-63(65-61)47-25-8-14-31-53(47)69-55-33-17-32-54(67-49-27-10-4-20-41(49)42-21-5-11-28-50(42)67)59(55)48-26-16-34-56(60(48)69)68-51-29-12-6-22-43(51)44-23-7-13-30-52(44)68/h1-38H. The van der Waals surface area contributed by atoms with Gasteiger partial charge >= 0.3 is 0 Å². The monoisotopic (exact) mass is 894 g/mol. The van der Waals surface area contributed by atoms with Crippen molar-refractivity contribution >= 4 is 87.4 Å². The first-order valence-corrected chi connectivity index (χ1v) is 23.6. The van der Waals surface area contributed by atoms with Gasteiger partial charge in [-0.25, -0.2) is 15.0 Å². The van der Waals surface area contributed by atoms with Gasteiger partial charge in [0.25, 0.3) is 0 Å². The van der Waals surface area contributed by atoms with Crippen LogP contribution in [0.15, 0.2) is 235 Å².